The molecule has 1 unspecified atom stereocenters. The van der Waals surface area contributed by atoms with E-state index in [1.54, 1.807) is 10.6 Å². The minimum absolute atomic E-state index is 0.750. The van der Waals surface area contributed by atoms with Gasteiger partial charge in [0, 0.05) is 0 Å². The molecule has 1 heterocycles. The van der Waals surface area contributed by atoms with E-state index in [0.717, 1.165) is 28.8 Å². The summed E-state index contributed by atoms with van der Waals surface area (Å²) in [5.41, 5.74) is 3.05. The molecular formula is C13H18O2PTi. The van der Waals surface area contributed by atoms with Crippen molar-refractivity contribution in [2.24, 2.45) is 0 Å². The number of aryl methyl sites for hydroxylation is 1. The summed E-state index contributed by atoms with van der Waals surface area (Å²) < 4.78 is 1.51. The van der Waals surface area contributed by atoms with Gasteiger partial charge in [0.15, 0.2) is 0 Å². The van der Waals surface area contributed by atoms with E-state index in [0.29, 0.717) is 0 Å². The average Bonchev–Trinajstić information content (AvgIpc) is 2.99. The molecule has 0 spiro atoms. The summed E-state index contributed by atoms with van der Waals surface area (Å²) in [6.07, 6.45) is 7.81. The van der Waals surface area contributed by atoms with E-state index in [1.165, 1.54) is 15.0 Å². The first kappa shape index (κ1) is 16.9. The molecule has 17 heavy (non-hydrogen) atoms. The topological polar surface area (TPSA) is 46.1 Å². The normalized spacial score (nSPS) is 12.8. The first-order chi connectivity index (χ1) is 8.20. The van der Waals surface area contributed by atoms with Gasteiger partial charge in [-0.05, 0) is 0 Å². The zero-order valence-corrected chi connectivity index (χ0v) is 13.3. The molecule has 0 amide bonds. The van der Waals surface area contributed by atoms with Gasteiger partial charge >= 0.3 is 92.7 Å². The van der Waals surface area contributed by atoms with Gasteiger partial charge in [0.25, 0.3) is 0 Å². The molecule has 1 aliphatic carbocycles. The zero-order chi connectivity index (χ0) is 13.4. The summed E-state index contributed by atoms with van der Waals surface area (Å²) in [4.78, 5) is 0. The second-order valence-electron chi connectivity index (χ2n) is 3.45. The third-order valence-corrected chi connectivity index (χ3v) is 5.66. The Morgan fingerprint density at radius 1 is 1.18 bits per heavy atom. The molecule has 0 fully saturated rings. The number of rotatable bonds is 1. The van der Waals surface area contributed by atoms with Crippen LogP contribution in [0.15, 0.2) is 18.2 Å². The van der Waals surface area contributed by atoms with Crippen LogP contribution in [-0.2, 0) is 20.4 Å². The minimum atomic E-state index is 0.750. The molecule has 1 aromatic heterocycles. The summed E-state index contributed by atoms with van der Waals surface area (Å²) in [5, 5.41) is 19.7. The van der Waals surface area contributed by atoms with Gasteiger partial charge in [-0.25, -0.2) is 0 Å². The van der Waals surface area contributed by atoms with E-state index in [2.05, 4.69) is 52.5 Å². The summed E-state index contributed by atoms with van der Waals surface area (Å²) >= 11 is 2.24. The van der Waals surface area contributed by atoms with Crippen molar-refractivity contribution in [1.29, 1.82) is 0 Å². The predicted molar refractivity (Wildman–Crippen MR) is 68.6 cm³/mol. The molecular weight excluding hydrogens is 267 g/mol. The first-order valence-corrected chi connectivity index (χ1v) is 7.06. The van der Waals surface area contributed by atoms with E-state index in [-0.39, 0.29) is 0 Å². The average molecular weight is 285 g/mol. The van der Waals surface area contributed by atoms with Crippen LogP contribution >= 0.6 is 8.19 Å². The molecule has 0 aromatic carbocycles. The Morgan fingerprint density at radius 3 is 2.12 bits per heavy atom. The molecule has 0 saturated carbocycles. The quantitative estimate of drug-likeness (QED) is 0.717. The van der Waals surface area contributed by atoms with Crippen LogP contribution in [-0.4, -0.2) is 14.2 Å². The van der Waals surface area contributed by atoms with Gasteiger partial charge in [-0.1, -0.05) is 0 Å². The second-order valence-corrected chi connectivity index (χ2v) is 5.73. The number of allylic oxidation sites excluding steroid dienone is 4. The number of hydrogen-bond acceptors (Lipinski definition) is 2. The van der Waals surface area contributed by atoms with Crippen LogP contribution in [0, 0.1) is 13.8 Å². The van der Waals surface area contributed by atoms with Crippen molar-refractivity contribution < 1.29 is 30.6 Å². The molecule has 0 aliphatic heterocycles. The van der Waals surface area contributed by atoms with Gasteiger partial charge in [-0.2, -0.15) is 14.2 Å². The third-order valence-electron chi connectivity index (χ3n) is 2.53. The molecule has 0 radical (unpaired) electrons. The molecule has 1 atom stereocenters. The van der Waals surface area contributed by atoms with E-state index < -0.39 is 0 Å². The molecule has 2 rings (SSSR count). The summed E-state index contributed by atoms with van der Waals surface area (Å²) in [5.74, 6) is 0. The third kappa shape index (κ3) is 4.24. The SMILES string of the molecule is C[O-].C[O-].Cc1[pH]c(C2=CC=CC2)c(C)[c]1[Ti+2]. The molecule has 0 saturated heterocycles. The van der Waals surface area contributed by atoms with Crippen LogP contribution in [0.25, 0.3) is 5.57 Å². The van der Waals surface area contributed by atoms with Crippen molar-refractivity contribution in [1.82, 2.24) is 0 Å². The van der Waals surface area contributed by atoms with Crippen LogP contribution in [0.4, 0.5) is 0 Å². The Hall–Kier alpha value is -0.106. The molecule has 91 valence electrons. The Kier molecular flexibility index (Phi) is 8.85. The second kappa shape index (κ2) is 8.91. The summed E-state index contributed by atoms with van der Waals surface area (Å²) in [6, 6.07) is 0. The van der Waals surface area contributed by atoms with Crippen molar-refractivity contribution in [3.63, 3.8) is 0 Å². The fourth-order valence-electron chi connectivity index (χ4n) is 1.70. The first-order valence-electron chi connectivity index (χ1n) is 5.28. The van der Waals surface area contributed by atoms with Crippen LogP contribution < -0.4 is 14.1 Å². The summed E-state index contributed by atoms with van der Waals surface area (Å²) in [7, 11) is 2.42. The van der Waals surface area contributed by atoms with E-state index in [4.69, 9.17) is 10.2 Å². The van der Waals surface area contributed by atoms with Crippen molar-refractivity contribution >= 4 is 17.6 Å². The fourth-order valence-corrected chi connectivity index (χ4v) is 3.73. The van der Waals surface area contributed by atoms with Crippen LogP contribution in [0.3, 0.4) is 0 Å². The molecule has 2 nitrogen and oxygen atoms in total. The maximum atomic E-state index is 8.25. The molecule has 1 aliphatic rings. The van der Waals surface area contributed by atoms with E-state index in [9.17, 15) is 0 Å². The van der Waals surface area contributed by atoms with Gasteiger partial charge in [-0.15, -0.1) is 0 Å². The van der Waals surface area contributed by atoms with Crippen LogP contribution in [0.1, 0.15) is 22.6 Å². The van der Waals surface area contributed by atoms with Crippen LogP contribution in [0.2, 0.25) is 0 Å². The van der Waals surface area contributed by atoms with Crippen LogP contribution in [0.5, 0.6) is 0 Å². The maximum absolute atomic E-state index is 8.25. The fraction of sp³-hybridized carbons (Fsp3) is 0.385. The Balaban J connectivity index is 0.000000581. The van der Waals surface area contributed by atoms with Gasteiger partial charge in [-0.3, -0.25) is 0 Å². The Morgan fingerprint density at radius 2 is 1.76 bits per heavy atom. The van der Waals surface area contributed by atoms with Gasteiger partial charge in [0.1, 0.15) is 0 Å². The van der Waals surface area contributed by atoms with Gasteiger partial charge < -0.3 is 10.2 Å². The number of hydrogen-bond donors (Lipinski definition) is 0. The van der Waals surface area contributed by atoms with E-state index >= 15 is 0 Å². The van der Waals surface area contributed by atoms with Crippen molar-refractivity contribution in [3.8, 4) is 0 Å². The van der Waals surface area contributed by atoms with Crippen molar-refractivity contribution in [2.75, 3.05) is 14.2 Å². The van der Waals surface area contributed by atoms with Gasteiger partial charge in [0.05, 0.1) is 0 Å². The summed E-state index contributed by atoms with van der Waals surface area (Å²) in [6.45, 7) is 4.51. The predicted octanol–water partition coefficient (Wildman–Crippen LogP) is 0.803. The van der Waals surface area contributed by atoms with Gasteiger partial charge in [0.2, 0.25) is 0 Å². The molecule has 0 bridgehead atoms. The molecule has 0 N–H and O–H groups in total. The molecule has 4 heteroatoms. The van der Waals surface area contributed by atoms with Crippen molar-refractivity contribution in [2.45, 2.75) is 20.3 Å². The Labute approximate surface area is 117 Å². The van der Waals surface area contributed by atoms with Crippen molar-refractivity contribution in [3.05, 3.63) is 34.4 Å². The van der Waals surface area contributed by atoms with E-state index in [1.807, 2.05) is 0 Å². The standard InChI is InChI=1S/C11H12P.2CH3O.Ti/c1-8-7-9(2)12-11(8)10-5-3-4-6-10;2*1-2;/h3-5,12H,6H2,1-2H3;2*1H3;/q;2*-1;+2. The Bertz CT molecular complexity index is 406. The zero-order valence-electron chi connectivity index (χ0n) is 10.8. The monoisotopic (exact) mass is 285 g/mol. The molecule has 1 aromatic rings.